The van der Waals surface area contributed by atoms with Gasteiger partial charge in [-0.1, -0.05) is 28.1 Å². The minimum atomic E-state index is -0.749. The van der Waals surface area contributed by atoms with Crippen molar-refractivity contribution in [2.24, 2.45) is 11.7 Å². The van der Waals surface area contributed by atoms with E-state index in [1.165, 1.54) is 0 Å². The van der Waals surface area contributed by atoms with Gasteiger partial charge >= 0.3 is 0 Å². The summed E-state index contributed by atoms with van der Waals surface area (Å²) in [5.74, 6) is -0.574. The average molecular weight is 297 g/mol. The molecule has 1 fully saturated rings. The number of carbonyl (C=O) groups is 2. The van der Waals surface area contributed by atoms with E-state index in [1.54, 1.807) is 18.2 Å². The molecular weight excluding hydrogens is 284 g/mol. The van der Waals surface area contributed by atoms with E-state index in [-0.39, 0.29) is 11.8 Å². The smallest absolute Gasteiger partial charge is 0.244 e. The first-order valence-electron chi connectivity index (χ1n) is 5.43. The highest BCUT2D eigenvalue weighted by Crippen LogP contribution is 2.30. The van der Waals surface area contributed by atoms with E-state index < -0.39 is 11.9 Å². The molecule has 0 unspecified atom stereocenters. The quantitative estimate of drug-likeness (QED) is 0.884. The Morgan fingerprint density at radius 1 is 1.41 bits per heavy atom. The number of halogens is 1. The fourth-order valence-corrected chi connectivity index (χ4v) is 2.03. The molecular formula is C12H13BrN2O2. The number of rotatable bonds is 4. The molecule has 1 aromatic carbocycles. The zero-order valence-electron chi connectivity index (χ0n) is 9.15. The molecule has 90 valence electrons. The van der Waals surface area contributed by atoms with Crippen LogP contribution in [-0.2, 0) is 9.59 Å². The fraction of sp³-hybridized carbons (Fsp3) is 0.333. The van der Waals surface area contributed by atoms with Crippen molar-refractivity contribution >= 4 is 27.7 Å². The molecule has 5 heteroatoms. The summed E-state index contributed by atoms with van der Waals surface area (Å²) in [6, 6.07) is 6.46. The minimum Gasteiger partial charge on any atom is -0.368 e. The van der Waals surface area contributed by atoms with Gasteiger partial charge in [0.15, 0.2) is 0 Å². The highest BCUT2D eigenvalue weighted by molar-refractivity contribution is 9.10. The SMILES string of the molecule is NC(=O)[C@H](NC(=O)C1CC1)c1cccc(Br)c1. The molecule has 0 spiro atoms. The Hall–Kier alpha value is -1.36. The fourth-order valence-electron chi connectivity index (χ4n) is 1.61. The van der Waals surface area contributed by atoms with Crippen LogP contribution in [0.4, 0.5) is 0 Å². The molecule has 0 aromatic heterocycles. The number of nitrogens with one attached hydrogen (secondary N) is 1. The first-order chi connectivity index (χ1) is 8.08. The van der Waals surface area contributed by atoms with Crippen molar-refractivity contribution in [2.75, 3.05) is 0 Å². The van der Waals surface area contributed by atoms with Crippen LogP contribution in [0.1, 0.15) is 24.4 Å². The van der Waals surface area contributed by atoms with Crippen molar-refractivity contribution in [1.82, 2.24) is 5.32 Å². The van der Waals surface area contributed by atoms with Gasteiger partial charge in [0.1, 0.15) is 6.04 Å². The minimum absolute atomic E-state index is 0.0593. The third kappa shape index (κ3) is 3.06. The normalized spacial score (nSPS) is 16.3. The number of amides is 2. The summed E-state index contributed by atoms with van der Waals surface area (Å²) in [7, 11) is 0. The summed E-state index contributed by atoms with van der Waals surface area (Å²) in [5.41, 5.74) is 6.01. The first-order valence-corrected chi connectivity index (χ1v) is 6.22. The Bertz CT molecular complexity index is 458. The second kappa shape index (κ2) is 4.87. The number of hydrogen-bond donors (Lipinski definition) is 2. The van der Waals surface area contributed by atoms with Crippen LogP contribution in [0.25, 0.3) is 0 Å². The molecule has 0 bridgehead atoms. The van der Waals surface area contributed by atoms with E-state index in [2.05, 4.69) is 21.2 Å². The number of carbonyl (C=O) groups excluding carboxylic acids is 2. The van der Waals surface area contributed by atoms with Crippen molar-refractivity contribution in [3.05, 3.63) is 34.3 Å². The second-order valence-electron chi connectivity index (χ2n) is 4.17. The van der Waals surface area contributed by atoms with Gasteiger partial charge in [-0.25, -0.2) is 0 Å². The third-order valence-corrected chi connectivity index (χ3v) is 3.19. The molecule has 4 nitrogen and oxygen atoms in total. The Balaban J connectivity index is 2.16. The van der Waals surface area contributed by atoms with Gasteiger partial charge in [0.25, 0.3) is 0 Å². The standard InChI is InChI=1S/C12H13BrN2O2/c13-9-3-1-2-8(6-9)10(11(14)16)15-12(17)7-4-5-7/h1-3,6-7,10H,4-5H2,(H2,14,16)(H,15,17)/t10-/m1/s1. The second-order valence-corrected chi connectivity index (χ2v) is 5.09. The lowest BCUT2D eigenvalue weighted by Gasteiger charge is -2.15. The molecule has 1 aliphatic carbocycles. The molecule has 0 radical (unpaired) electrons. The van der Waals surface area contributed by atoms with Crippen LogP contribution in [0.15, 0.2) is 28.7 Å². The van der Waals surface area contributed by atoms with Crippen LogP contribution < -0.4 is 11.1 Å². The number of benzene rings is 1. The molecule has 2 amide bonds. The maximum Gasteiger partial charge on any atom is 0.244 e. The average Bonchev–Trinajstić information content (AvgIpc) is 3.08. The van der Waals surface area contributed by atoms with E-state index in [1.807, 2.05) is 6.07 Å². The Morgan fingerprint density at radius 2 is 2.12 bits per heavy atom. The maximum atomic E-state index is 11.6. The van der Waals surface area contributed by atoms with Crippen molar-refractivity contribution in [1.29, 1.82) is 0 Å². The highest BCUT2D eigenvalue weighted by Gasteiger charge is 2.32. The van der Waals surface area contributed by atoms with Gasteiger partial charge in [-0.3, -0.25) is 9.59 Å². The molecule has 1 aliphatic rings. The predicted molar refractivity (Wildman–Crippen MR) is 66.9 cm³/mol. The van der Waals surface area contributed by atoms with E-state index in [0.717, 1.165) is 17.3 Å². The van der Waals surface area contributed by atoms with Crippen molar-refractivity contribution in [3.8, 4) is 0 Å². The lowest BCUT2D eigenvalue weighted by molar-refractivity contribution is -0.128. The van der Waals surface area contributed by atoms with Gasteiger partial charge in [-0.05, 0) is 30.5 Å². The van der Waals surface area contributed by atoms with Gasteiger partial charge in [0.2, 0.25) is 11.8 Å². The van der Waals surface area contributed by atoms with Gasteiger partial charge in [-0.15, -0.1) is 0 Å². The molecule has 17 heavy (non-hydrogen) atoms. The lowest BCUT2D eigenvalue weighted by Crippen LogP contribution is -2.38. The molecule has 1 atom stereocenters. The number of nitrogens with two attached hydrogens (primary N) is 1. The van der Waals surface area contributed by atoms with Crippen LogP contribution >= 0.6 is 15.9 Å². The van der Waals surface area contributed by atoms with Crippen LogP contribution in [0.5, 0.6) is 0 Å². The Kier molecular flexibility index (Phi) is 3.47. The monoisotopic (exact) mass is 296 g/mol. The van der Waals surface area contributed by atoms with Crippen LogP contribution in [0, 0.1) is 5.92 Å². The van der Waals surface area contributed by atoms with Crippen LogP contribution in [-0.4, -0.2) is 11.8 Å². The van der Waals surface area contributed by atoms with Crippen LogP contribution in [0.3, 0.4) is 0 Å². The molecule has 0 saturated heterocycles. The molecule has 1 aromatic rings. The Morgan fingerprint density at radius 3 is 2.65 bits per heavy atom. The largest absolute Gasteiger partial charge is 0.368 e. The highest BCUT2D eigenvalue weighted by atomic mass is 79.9. The molecule has 0 heterocycles. The van der Waals surface area contributed by atoms with E-state index in [9.17, 15) is 9.59 Å². The predicted octanol–water partition coefficient (Wildman–Crippen LogP) is 1.50. The maximum absolute atomic E-state index is 11.6. The van der Waals surface area contributed by atoms with Crippen molar-refractivity contribution in [3.63, 3.8) is 0 Å². The zero-order chi connectivity index (χ0) is 12.4. The van der Waals surface area contributed by atoms with E-state index in [0.29, 0.717) is 5.56 Å². The topological polar surface area (TPSA) is 72.2 Å². The summed E-state index contributed by atoms with van der Waals surface area (Å²) in [4.78, 5) is 23.0. The molecule has 1 saturated carbocycles. The van der Waals surface area contributed by atoms with Gasteiger partial charge < -0.3 is 11.1 Å². The first kappa shape index (κ1) is 12.1. The summed E-state index contributed by atoms with van der Waals surface area (Å²) in [5, 5.41) is 2.69. The molecule has 2 rings (SSSR count). The lowest BCUT2D eigenvalue weighted by atomic mass is 10.1. The zero-order valence-corrected chi connectivity index (χ0v) is 10.7. The molecule has 3 N–H and O–H groups in total. The summed E-state index contributed by atoms with van der Waals surface area (Å²) in [6.07, 6.45) is 1.80. The van der Waals surface area contributed by atoms with Gasteiger partial charge in [0, 0.05) is 10.4 Å². The van der Waals surface area contributed by atoms with Crippen molar-refractivity contribution < 1.29 is 9.59 Å². The summed E-state index contributed by atoms with van der Waals surface area (Å²) in [6.45, 7) is 0. The van der Waals surface area contributed by atoms with E-state index in [4.69, 9.17) is 5.73 Å². The summed E-state index contributed by atoms with van der Waals surface area (Å²) >= 11 is 3.32. The number of primary amides is 1. The Labute approximate surface area is 108 Å². The van der Waals surface area contributed by atoms with Gasteiger partial charge in [-0.2, -0.15) is 0 Å². The van der Waals surface area contributed by atoms with Crippen molar-refractivity contribution in [2.45, 2.75) is 18.9 Å². The summed E-state index contributed by atoms with van der Waals surface area (Å²) < 4.78 is 0.849. The molecule has 0 aliphatic heterocycles. The van der Waals surface area contributed by atoms with Crippen LogP contribution in [0.2, 0.25) is 0 Å². The van der Waals surface area contributed by atoms with E-state index >= 15 is 0 Å². The third-order valence-electron chi connectivity index (χ3n) is 2.70. The van der Waals surface area contributed by atoms with Gasteiger partial charge in [0.05, 0.1) is 0 Å². The number of hydrogen-bond acceptors (Lipinski definition) is 2.